The van der Waals surface area contributed by atoms with Crippen LogP contribution < -0.4 is 5.32 Å². The molecular formula is C18H23ClN4O. The van der Waals surface area contributed by atoms with Gasteiger partial charge in [0.1, 0.15) is 0 Å². The number of benzene rings is 1. The summed E-state index contributed by atoms with van der Waals surface area (Å²) in [7, 11) is 1.98. The number of carbonyl (C=O) groups excluding carboxylic acids is 1. The molecule has 0 saturated carbocycles. The molecule has 2 aromatic rings. The standard InChI is InChI=1S/C18H23ClN4O/c1-20-9-6-13-7-10-23(11-8-13)18(24)16-12-21-22-17(16)14-2-4-15(19)5-3-14/h2-5,12-13,20H,6-11H2,1H3,(H,21,22). The van der Waals surface area contributed by atoms with E-state index in [1.807, 2.05) is 36.2 Å². The highest BCUT2D eigenvalue weighted by atomic mass is 35.5. The van der Waals surface area contributed by atoms with Crippen molar-refractivity contribution in [1.29, 1.82) is 0 Å². The molecule has 5 nitrogen and oxygen atoms in total. The maximum absolute atomic E-state index is 12.9. The second-order valence-electron chi connectivity index (χ2n) is 6.29. The van der Waals surface area contributed by atoms with Crippen LogP contribution in [-0.2, 0) is 0 Å². The van der Waals surface area contributed by atoms with Crippen molar-refractivity contribution in [3.05, 3.63) is 41.0 Å². The lowest BCUT2D eigenvalue weighted by atomic mass is 9.93. The fourth-order valence-electron chi connectivity index (χ4n) is 3.23. The van der Waals surface area contributed by atoms with E-state index in [-0.39, 0.29) is 5.91 Å². The highest BCUT2D eigenvalue weighted by molar-refractivity contribution is 6.30. The van der Waals surface area contributed by atoms with Crippen LogP contribution in [0.3, 0.4) is 0 Å². The van der Waals surface area contributed by atoms with Gasteiger partial charge in [0, 0.05) is 23.7 Å². The van der Waals surface area contributed by atoms with Crippen LogP contribution in [0.25, 0.3) is 11.3 Å². The summed E-state index contributed by atoms with van der Waals surface area (Å²) < 4.78 is 0. The maximum atomic E-state index is 12.9. The average Bonchev–Trinajstić information content (AvgIpc) is 3.10. The molecule has 128 valence electrons. The van der Waals surface area contributed by atoms with Crippen molar-refractivity contribution in [1.82, 2.24) is 20.4 Å². The van der Waals surface area contributed by atoms with Crippen LogP contribution in [0, 0.1) is 5.92 Å². The highest BCUT2D eigenvalue weighted by Crippen LogP contribution is 2.26. The normalized spacial score (nSPS) is 15.7. The van der Waals surface area contributed by atoms with Crippen LogP contribution in [0.4, 0.5) is 0 Å². The van der Waals surface area contributed by atoms with Crippen LogP contribution >= 0.6 is 11.6 Å². The summed E-state index contributed by atoms with van der Waals surface area (Å²) in [4.78, 5) is 14.8. The van der Waals surface area contributed by atoms with E-state index in [9.17, 15) is 4.79 Å². The topological polar surface area (TPSA) is 61.0 Å². The van der Waals surface area contributed by atoms with Crippen molar-refractivity contribution in [2.45, 2.75) is 19.3 Å². The predicted molar refractivity (Wildman–Crippen MR) is 96.2 cm³/mol. The third-order valence-corrected chi connectivity index (χ3v) is 4.96. The highest BCUT2D eigenvalue weighted by Gasteiger charge is 2.26. The van der Waals surface area contributed by atoms with Gasteiger partial charge in [0.15, 0.2) is 0 Å². The van der Waals surface area contributed by atoms with Crippen molar-refractivity contribution in [2.75, 3.05) is 26.7 Å². The summed E-state index contributed by atoms with van der Waals surface area (Å²) in [6.07, 6.45) is 4.95. The van der Waals surface area contributed by atoms with Gasteiger partial charge in [-0.25, -0.2) is 0 Å². The number of piperidine rings is 1. The lowest BCUT2D eigenvalue weighted by Crippen LogP contribution is -2.39. The van der Waals surface area contributed by atoms with Crippen LogP contribution in [0.2, 0.25) is 5.02 Å². The Morgan fingerprint density at radius 1 is 1.33 bits per heavy atom. The first-order valence-corrected chi connectivity index (χ1v) is 8.80. The Labute approximate surface area is 147 Å². The van der Waals surface area contributed by atoms with E-state index in [2.05, 4.69) is 15.5 Å². The number of rotatable bonds is 5. The number of likely N-dealkylation sites (tertiary alicyclic amines) is 1. The van der Waals surface area contributed by atoms with E-state index in [4.69, 9.17) is 11.6 Å². The van der Waals surface area contributed by atoms with Gasteiger partial charge in [-0.3, -0.25) is 9.89 Å². The number of amides is 1. The molecule has 2 N–H and O–H groups in total. The van der Waals surface area contributed by atoms with Gasteiger partial charge in [0.2, 0.25) is 0 Å². The van der Waals surface area contributed by atoms with Gasteiger partial charge in [0.05, 0.1) is 17.5 Å². The van der Waals surface area contributed by atoms with E-state index in [0.29, 0.717) is 16.5 Å². The fraction of sp³-hybridized carbons (Fsp3) is 0.444. The molecule has 0 spiro atoms. The second kappa shape index (κ2) is 7.81. The molecule has 1 aromatic carbocycles. The first-order valence-electron chi connectivity index (χ1n) is 8.42. The molecule has 24 heavy (non-hydrogen) atoms. The molecule has 1 aliphatic rings. The second-order valence-corrected chi connectivity index (χ2v) is 6.73. The average molecular weight is 347 g/mol. The summed E-state index contributed by atoms with van der Waals surface area (Å²) >= 11 is 5.94. The third-order valence-electron chi connectivity index (χ3n) is 4.71. The number of halogens is 1. The van der Waals surface area contributed by atoms with Gasteiger partial charge in [-0.15, -0.1) is 0 Å². The zero-order valence-corrected chi connectivity index (χ0v) is 14.6. The smallest absolute Gasteiger partial charge is 0.257 e. The van der Waals surface area contributed by atoms with Gasteiger partial charge in [-0.05, 0) is 50.9 Å². The van der Waals surface area contributed by atoms with Crippen molar-refractivity contribution >= 4 is 17.5 Å². The molecule has 1 saturated heterocycles. The number of aromatic amines is 1. The summed E-state index contributed by atoms with van der Waals surface area (Å²) in [6.45, 7) is 2.68. The number of carbonyl (C=O) groups is 1. The molecule has 0 bridgehead atoms. The Kier molecular flexibility index (Phi) is 5.53. The first kappa shape index (κ1) is 17.0. The van der Waals surface area contributed by atoms with Crippen molar-refractivity contribution < 1.29 is 4.79 Å². The van der Waals surface area contributed by atoms with Gasteiger partial charge >= 0.3 is 0 Å². The minimum absolute atomic E-state index is 0.0563. The molecule has 0 aliphatic carbocycles. The van der Waals surface area contributed by atoms with Crippen LogP contribution in [0.5, 0.6) is 0 Å². The molecule has 1 aromatic heterocycles. The molecular weight excluding hydrogens is 324 g/mol. The Morgan fingerprint density at radius 3 is 2.71 bits per heavy atom. The molecule has 1 aliphatic heterocycles. The van der Waals surface area contributed by atoms with Crippen LogP contribution in [0.15, 0.2) is 30.5 Å². The van der Waals surface area contributed by atoms with Gasteiger partial charge < -0.3 is 10.2 Å². The number of hydrogen-bond acceptors (Lipinski definition) is 3. The zero-order valence-electron chi connectivity index (χ0n) is 13.9. The molecule has 0 atom stereocenters. The molecule has 1 fully saturated rings. The molecule has 6 heteroatoms. The van der Waals surface area contributed by atoms with E-state index in [1.54, 1.807) is 6.20 Å². The number of nitrogens with zero attached hydrogens (tertiary/aromatic N) is 2. The Hall–Kier alpha value is -1.85. The zero-order chi connectivity index (χ0) is 16.9. The van der Waals surface area contributed by atoms with Gasteiger partial charge in [0.25, 0.3) is 5.91 Å². The number of hydrogen-bond donors (Lipinski definition) is 2. The Morgan fingerprint density at radius 2 is 2.04 bits per heavy atom. The van der Waals surface area contributed by atoms with Crippen molar-refractivity contribution in [2.24, 2.45) is 5.92 Å². The third kappa shape index (κ3) is 3.79. The van der Waals surface area contributed by atoms with Crippen molar-refractivity contribution in [3.8, 4) is 11.3 Å². The van der Waals surface area contributed by atoms with Crippen LogP contribution in [0.1, 0.15) is 29.6 Å². The van der Waals surface area contributed by atoms with Gasteiger partial charge in [-0.1, -0.05) is 23.7 Å². The largest absolute Gasteiger partial charge is 0.339 e. The summed E-state index contributed by atoms with van der Waals surface area (Å²) in [6, 6.07) is 7.44. The lowest BCUT2D eigenvalue weighted by molar-refractivity contribution is 0.0688. The predicted octanol–water partition coefficient (Wildman–Crippen LogP) is 3.19. The molecule has 0 radical (unpaired) electrons. The molecule has 2 heterocycles. The van der Waals surface area contributed by atoms with E-state index in [0.717, 1.165) is 43.7 Å². The Balaban J connectivity index is 1.69. The van der Waals surface area contributed by atoms with Crippen molar-refractivity contribution in [3.63, 3.8) is 0 Å². The first-order chi connectivity index (χ1) is 11.7. The number of aromatic nitrogens is 2. The SMILES string of the molecule is CNCCC1CCN(C(=O)c2cn[nH]c2-c2ccc(Cl)cc2)CC1. The lowest BCUT2D eigenvalue weighted by Gasteiger charge is -2.32. The van der Waals surface area contributed by atoms with Crippen LogP contribution in [-0.4, -0.2) is 47.7 Å². The number of H-pyrrole nitrogens is 1. The summed E-state index contributed by atoms with van der Waals surface area (Å²) in [5.41, 5.74) is 2.31. The fourth-order valence-corrected chi connectivity index (χ4v) is 3.35. The quantitative estimate of drug-likeness (QED) is 0.874. The summed E-state index contributed by atoms with van der Waals surface area (Å²) in [5.74, 6) is 0.766. The monoisotopic (exact) mass is 346 g/mol. The summed E-state index contributed by atoms with van der Waals surface area (Å²) in [5, 5.41) is 10.9. The number of nitrogens with one attached hydrogen (secondary N) is 2. The Bertz CT molecular complexity index is 675. The minimum Gasteiger partial charge on any atom is -0.339 e. The minimum atomic E-state index is 0.0563. The van der Waals surface area contributed by atoms with Gasteiger partial charge in [-0.2, -0.15) is 5.10 Å². The van der Waals surface area contributed by atoms with E-state index in [1.165, 1.54) is 6.42 Å². The molecule has 3 rings (SSSR count). The molecule has 1 amide bonds. The van der Waals surface area contributed by atoms with E-state index < -0.39 is 0 Å². The maximum Gasteiger partial charge on any atom is 0.257 e. The molecule has 0 unspecified atom stereocenters. The van der Waals surface area contributed by atoms with E-state index >= 15 is 0 Å².